The average Bonchev–Trinajstić information content (AvgIpc) is 3.56. The lowest BCUT2D eigenvalue weighted by Crippen LogP contribution is -2.29. The van der Waals surface area contributed by atoms with Crippen LogP contribution >= 0.6 is 11.6 Å². The molecule has 0 bridgehead atoms. The number of tetrazole rings is 1. The zero-order valence-electron chi connectivity index (χ0n) is 23.3. The summed E-state index contributed by atoms with van der Waals surface area (Å²) in [6, 6.07) is 23.8. The van der Waals surface area contributed by atoms with Gasteiger partial charge in [-0.2, -0.15) is 14.9 Å². The van der Waals surface area contributed by atoms with Crippen molar-refractivity contribution in [2.75, 3.05) is 12.4 Å². The molecule has 2 heterocycles. The minimum absolute atomic E-state index is 0.328. The third-order valence-corrected chi connectivity index (χ3v) is 6.82. The second kappa shape index (κ2) is 13.5. The molecular formula is C31H27ClN8O3. The summed E-state index contributed by atoms with van der Waals surface area (Å²) in [5, 5.41) is 26.4. The van der Waals surface area contributed by atoms with Gasteiger partial charge in [-0.1, -0.05) is 54.1 Å². The Labute approximate surface area is 252 Å². The summed E-state index contributed by atoms with van der Waals surface area (Å²) in [4.78, 5) is 24.8. The number of rotatable bonds is 9. The van der Waals surface area contributed by atoms with E-state index in [-0.39, 0.29) is 5.91 Å². The molecule has 2 N–H and O–H groups in total. The Morgan fingerprint density at radius 3 is 2.53 bits per heavy atom. The number of aromatic nitrogens is 6. The van der Waals surface area contributed by atoms with Crippen molar-refractivity contribution in [3.05, 3.63) is 119 Å². The molecular weight excluding hydrogens is 568 g/mol. The van der Waals surface area contributed by atoms with Crippen molar-refractivity contribution in [3.8, 4) is 16.8 Å². The number of amides is 2. The predicted molar refractivity (Wildman–Crippen MR) is 162 cm³/mol. The van der Waals surface area contributed by atoms with Crippen LogP contribution in [-0.4, -0.2) is 49.5 Å². The molecule has 0 aliphatic heterocycles. The first-order valence-electron chi connectivity index (χ1n) is 13.2. The van der Waals surface area contributed by atoms with E-state index in [1.165, 1.54) is 24.2 Å². The van der Waals surface area contributed by atoms with E-state index in [0.29, 0.717) is 34.1 Å². The van der Waals surface area contributed by atoms with Crippen molar-refractivity contribution < 1.29 is 14.3 Å². The first kappa shape index (κ1) is 29.1. The molecule has 216 valence electrons. The Morgan fingerprint density at radius 2 is 1.81 bits per heavy atom. The minimum Gasteiger partial charge on any atom is -0.453 e. The van der Waals surface area contributed by atoms with Crippen LogP contribution in [0.15, 0.2) is 91.3 Å². The van der Waals surface area contributed by atoms with Crippen LogP contribution in [0.4, 0.5) is 10.5 Å². The molecule has 1 atom stereocenters. The second-order valence-electron chi connectivity index (χ2n) is 9.50. The molecule has 43 heavy (non-hydrogen) atoms. The lowest BCUT2D eigenvalue weighted by Gasteiger charge is -2.19. The van der Waals surface area contributed by atoms with Crippen LogP contribution in [0, 0.1) is 6.92 Å². The maximum absolute atomic E-state index is 13.3. The van der Waals surface area contributed by atoms with Crippen molar-refractivity contribution in [1.29, 1.82) is 0 Å². The van der Waals surface area contributed by atoms with Gasteiger partial charge in [0.2, 0.25) is 5.91 Å². The Balaban J connectivity index is 1.42. The molecule has 0 spiro atoms. The summed E-state index contributed by atoms with van der Waals surface area (Å²) in [6.45, 7) is 1.87. The molecule has 2 aromatic heterocycles. The Bertz CT molecular complexity index is 1740. The van der Waals surface area contributed by atoms with E-state index in [1.807, 2.05) is 55.5 Å². The minimum atomic E-state index is -0.549. The van der Waals surface area contributed by atoms with Gasteiger partial charge in [-0.25, -0.2) is 4.79 Å². The molecule has 0 saturated carbocycles. The second-order valence-corrected chi connectivity index (χ2v) is 9.94. The van der Waals surface area contributed by atoms with E-state index in [0.717, 1.165) is 22.4 Å². The lowest BCUT2D eigenvalue weighted by atomic mass is 9.98. The van der Waals surface area contributed by atoms with Gasteiger partial charge in [0.25, 0.3) is 0 Å². The van der Waals surface area contributed by atoms with Crippen molar-refractivity contribution in [1.82, 2.24) is 35.7 Å². The van der Waals surface area contributed by atoms with Gasteiger partial charge in [-0.15, -0.1) is 5.10 Å². The molecule has 3 aromatic carbocycles. The Morgan fingerprint density at radius 1 is 1.02 bits per heavy atom. The number of hydrogen-bond acceptors (Lipinski definition) is 8. The third kappa shape index (κ3) is 7.46. The summed E-state index contributed by atoms with van der Waals surface area (Å²) < 4.78 is 6.15. The number of aryl methyl sites for hydroxylation is 1. The average molecular weight is 595 g/mol. The Kier molecular flexibility index (Phi) is 9.13. The number of nitrogens with one attached hydrogen (secondary N) is 2. The summed E-state index contributed by atoms with van der Waals surface area (Å²) in [5.41, 5.74) is 6.00. The zero-order valence-corrected chi connectivity index (χ0v) is 24.1. The molecule has 0 aliphatic carbocycles. The smallest absolute Gasteiger partial charge is 0.411 e. The van der Waals surface area contributed by atoms with Gasteiger partial charge in [0, 0.05) is 27.9 Å². The highest BCUT2D eigenvalue weighted by molar-refractivity contribution is 6.30. The predicted octanol–water partition coefficient (Wildman–Crippen LogP) is 5.37. The van der Waals surface area contributed by atoms with E-state index in [9.17, 15) is 9.59 Å². The lowest BCUT2D eigenvalue weighted by molar-refractivity contribution is -0.117. The highest BCUT2D eigenvalue weighted by Crippen LogP contribution is 2.27. The number of carbonyl (C=O) groups is 2. The SMILES string of the molecule is COC(=O)Nc1ccc(-c2cc([C@H](Cc3ccccc3)NC(=O)C=Cc3cc(Cl)ccc3-n3cnnn3)nnc2C)cc1. The maximum Gasteiger partial charge on any atom is 0.411 e. The summed E-state index contributed by atoms with van der Waals surface area (Å²) >= 11 is 6.23. The van der Waals surface area contributed by atoms with Gasteiger partial charge in [-0.3, -0.25) is 10.1 Å². The van der Waals surface area contributed by atoms with Crippen LogP contribution in [0.3, 0.4) is 0 Å². The molecule has 0 fully saturated rings. The number of ether oxygens (including phenoxy) is 1. The molecule has 0 saturated heterocycles. The van der Waals surface area contributed by atoms with Gasteiger partial charge in [0.1, 0.15) is 6.33 Å². The molecule has 0 aliphatic rings. The number of carbonyl (C=O) groups excluding carboxylic acids is 2. The van der Waals surface area contributed by atoms with E-state index in [2.05, 4.69) is 41.1 Å². The van der Waals surface area contributed by atoms with Crippen LogP contribution in [0.5, 0.6) is 0 Å². The first-order valence-corrected chi connectivity index (χ1v) is 13.6. The van der Waals surface area contributed by atoms with Crippen LogP contribution in [-0.2, 0) is 16.0 Å². The van der Waals surface area contributed by atoms with Gasteiger partial charge in [0.15, 0.2) is 0 Å². The quantitative estimate of drug-likeness (QED) is 0.217. The summed E-state index contributed by atoms with van der Waals surface area (Å²) in [6.07, 6.45) is 4.51. The van der Waals surface area contributed by atoms with Crippen LogP contribution in [0.25, 0.3) is 22.9 Å². The fraction of sp³-hybridized carbons (Fsp3) is 0.129. The molecule has 0 radical (unpaired) electrons. The topological polar surface area (TPSA) is 137 Å². The van der Waals surface area contributed by atoms with E-state index in [4.69, 9.17) is 11.6 Å². The fourth-order valence-electron chi connectivity index (χ4n) is 4.44. The van der Waals surface area contributed by atoms with Crippen molar-refractivity contribution >= 4 is 35.4 Å². The standard InChI is InChI=1S/C31H27ClN8O3/c1-20-26(22-8-12-25(13-9-22)34-31(42)43-2)18-28(37-36-20)27(16-21-6-4-3-5-7-21)35-30(41)15-10-23-17-24(32)11-14-29(23)40-19-33-38-39-40/h3-15,17-19,27H,16H2,1-2H3,(H,34,42)(H,35,41)/t27-/m0/s1. The Hall–Kier alpha value is -5.42. The van der Waals surface area contributed by atoms with Crippen molar-refractivity contribution in [3.63, 3.8) is 0 Å². The first-order chi connectivity index (χ1) is 20.9. The molecule has 12 heteroatoms. The van der Waals surface area contributed by atoms with Crippen LogP contribution < -0.4 is 10.6 Å². The maximum atomic E-state index is 13.3. The normalized spacial score (nSPS) is 11.7. The highest BCUT2D eigenvalue weighted by Gasteiger charge is 2.19. The van der Waals surface area contributed by atoms with Gasteiger partial charge >= 0.3 is 6.09 Å². The number of nitrogens with zero attached hydrogens (tertiary/aromatic N) is 6. The van der Waals surface area contributed by atoms with Crippen LogP contribution in [0.1, 0.15) is 28.6 Å². The molecule has 0 unspecified atom stereocenters. The highest BCUT2D eigenvalue weighted by atomic mass is 35.5. The summed E-state index contributed by atoms with van der Waals surface area (Å²) in [7, 11) is 1.31. The van der Waals surface area contributed by atoms with Gasteiger partial charge in [0.05, 0.1) is 30.2 Å². The largest absolute Gasteiger partial charge is 0.453 e. The molecule has 5 aromatic rings. The fourth-order valence-corrected chi connectivity index (χ4v) is 4.62. The van der Waals surface area contributed by atoms with Gasteiger partial charge < -0.3 is 10.1 Å². The number of benzene rings is 3. The van der Waals surface area contributed by atoms with Crippen molar-refractivity contribution in [2.45, 2.75) is 19.4 Å². The van der Waals surface area contributed by atoms with E-state index >= 15 is 0 Å². The number of hydrogen-bond donors (Lipinski definition) is 2. The number of halogens is 1. The third-order valence-electron chi connectivity index (χ3n) is 6.58. The molecule has 5 rings (SSSR count). The van der Waals surface area contributed by atoms with Crippen molar-refractivity contribution in [2.24, 2.45) is 0 Å². The van der Waals surface area contributed by atoms with E-state index in [1.54, 1.807) is 36.4 Å². The number of anilines is 1. The number of methoxy groups -OCH3 is 1. The molecule has 11 nitrogen and oxygen atoms in total. The monoisotopic (exact) mass is 594 g/mol. The zero-order chi connectivity index (χ0) is 30.2. The molecule has 2 amide bonds. The van der Waals surface area contributed by atoms with Crippen LogP contribution in [0.2, 0.25) is 5.02 Å². The summed E-state index contributed by atoms with van der Waals surface area (Å²) in [5.74, 6) is -0.328. The van der Waals surface area contributed by atoms with Gasteiger partial charge in [-0.05, 0) is 77.4 Å². The van der Waals surface area contributed by atoms with E-state index < -0.39 is 12.1 Å².